The second kappa shape index (κ2) is 9.51. The van der Waals surface area contributed by atoms with Gasteiger partial charge < -0.3 is 4.74 Å². The number of rotatable bonds is 8. The number of carbonyl (C=O) groups excluding carboxylic acids is 1. The molecule has 0 aliphatic carbocycles. The van der Waals surface area contributed by atoms with Gasteiger partial charge in [-0.25, -0.2) is 8.42 Å². The molecule has 0 atom stereocenters. The Kier molecular flexibility index (Phi) is 7.02. The Morgan fingerprint density at radius 1 is 0.933 bits per heavy atom. The average molecular weight is 464 g/mol. The summed E-state index contributed by atoms with van der Waals surface area (Å²) in [5.74, 6) is 0.671. The lowest BCUT2D eigenvalue weighted by Gasteiger charge is -2.10. The highest BCUT2D eigenvalue weighted by molar-refractivity contribution is 7.92. The number of carbonyl (C=O) groups is 1. The number of anilines is 1. The first-order valence-electron chi connectivity index (χ1n) is 8.99. The van der Waals surface area contributed by atoms with Crippen molar-refractivity contribution in [1.29, 1.82) is 0 Å². The van der Waals surface area contributed by atoms with E-state index in [1.54, 1.807) is 19.2 Å². The van der Waals surface area contributed by atoms with Crippen molar-refractivity contribution >= 4 is 44.7 Å². The summed E-state index contributed by atoms with van der Waals surface area (Å²) in [5, 5.41) is 0.586. The second-order valence-corrected chi connectivity index (χ2v) is 9.08. The van der Waals surface area contributed by atoms with Crippen LogP contribution in [0.15, 0.2) is 71.6 Å². The van der Waals surface area contributed by atoms with Crippen LogP contribution in [0.5, 0.6) is 5.75 Å². The number of Topliss-reactive ketones (excluding diaryl/α,β-unsaturated/α-hetero) is 1. The molecule has 3 rings (SSSR count). The van der Waals surface area contributed by atoms with Gasteiger partial charge in [-0.2, -0.15) is 0 Å². The molecule has 5 nitrogen and oxygen atoms in total. The highest BCUT2D eigenvalue weighted by atomic mass is 35.5. The third-order valence-electron chi connectivity index (χ3n) is 4.39. The van der Waals surface area contributed by atoms with Gasteiger partial charge in [0.2, 0.25) is 0 Å². The minimum Gasteiger partial charge on any atom is -0.496 e. The predicted octanol–water partition coefficient (Wildman–Crippen LogP) is 5.16. The van der Waals surface area contributed by atoms with E-state index >= 15 is 0 Å². The zero-order valence-electron chi connectivity index (χ0n) is 16.1. The number of methoxy groups -OCH3 is 1. The van der Waals surface area contributed by atoms with E-state index in [1.165, 1.54) is 30.3 Å². The van der Waals surface area contributed by atoms with E-state index in [0.717, 1.165) is 11.1 Å². The molecule has 0 bridgehead atoms. The standard InChI is InChI=1S/C22H19Cl2NO4S/c1-29-22-5-3-2-4-16(22)13-18(26)12-15-6-9-19(10-7-15)30(27,28)25-17-8-11-20(23)21(24)14-17/h2-11,14,25H,12-13H2,1H3. The molecule has 0 radical (unpaired) electrons. The van der Waals surface area contributed by atoms with Crippen molar-refractivity contribution in [3.8, 4) is 5.75 Å². The number of hydrogen-bond donors (Lipinski definition) is 1. The number of sulfonamides is 1. The molecular weight excluding hydrogens is 445 g/mol. The van der Waals surface area contributed by atoms with E-state index in [2.05, 4.69) is 4.72 Å². The first-order valence-corrected chi connectivity index (χ1v) is 11.2. The maximum absolute atomic E-state index is 12.6. The molecular formula is C22H19Cl2NO4S. The molecule has 0 saturated carbocycles. The van der Waals surface area contributed by atoms with Gasteiger partial charge in [0.15, 0.2) is 0 Å². The first-order chi connectivity index (χ1) is 14.3. The molecule has 156 valence electrons. The molecule has 0 fully saturated rings. The minimum atomic E-state index is -3.80. The Hall–Kier alpha value is -2.54. The maximum atomic E-state index is 12.6. The van der Waals surface area contributed by atoms with Crippen molar-refractivity contribution in [2.75, 3.05) is 11.8 Å². The van der Waals surface area contributed by atoms with Gasteiger partial charge in [-0.05, 0) is 42.0 Å². The zero-order chi connectivity index (χ0) is 21.7. The fraction of sp³-hybridized carbons (Fsp3) is 0.136. The van der Waals surface area contributed by atoms with Crippen LogP contribution in [0.3, 0.4) is 0 Å². The van der Waals surface area contributed by atoms with E-state index in [9.17, 15) is 13.2 Å². The smallest absolute Gasteiger partial charge is 0.261 e. The van der Waals surface area contributed by atoms with E-state index in [0.29, 0.717) is 16.5 Å². The summed E-state index contributed by atoms with van der Waals surface area (Å²) in [6.07, 6.45) is 0.432. The third kappa shape index (κ3) is 5.53. The summed E-state index contributed by atoms with van der Waals surface area (Å²) in [6, 6.07) is 18.0. The Morgan fingerprint density at radius 2 is 1.63 bits per heavy atom. The van der Waals surface area contributed by atoms with Crippen LogP contribution < -0.4 is 9.46 Å². The quantitative estimate of drug-likeness (QED) is 0.500. The fourth-order valence-electron chi connectivity index (χ4n) is 2.91. The third-order valence-corrected chi connectivity index (χ3v) is 6.52. The molecule has 8 heteroatoms. The van der Waals surface area contributed by atoms with Gasteiger partial charge >= 0.3 is 0 Å². The molecule has 0 aliphatic rings. The molecule has 0 heterocycles. The normalized spacial score (nSPS) is 11.2. The monoisotopic (exact) mass is 463 g/mol. The molecule has 0 aromatic heterocycles. The first kappa shape index (κ1) is 22.2. The van der Waals surface area contributed by atoms with E-state index in [-0.39, 0.29) is 28.5 Å². The number of para-hydroxylation sites is 1. The van der Waals surface area contributed by atoms with Gasteiger partial charge in [-0.3, -0.25) is 9.52 Å². The van der Waals surface area contributed by atoms with Crippen LogP contribution in [0.1, 0.15) is 11.1 Å². The highest BCUT2D eigenvalue weighted by Gasteiger charge is 2.16. The molecule has 30 heavy (non-hydrogen) atoms. The molecule has 0 unspecified atom stereocenters. The van der Waals surface area contributed by atoms with Crippen LogP contribution in [-0.2, 0) is 27.7 Å². The number of halogens is 2. The molecule has 0 amide bonds. The SMILES string of the molecule is COc1ccccc1CC(=O)Cc1ccc(S(=O)(=O)Nc2ccc(Cl)c(Cl)c2)cc1. The van der Waals surface area contributed by atoms with Crippen LogP contribution in [0.2, 0.25) is 10.0 Å². The Morgan fingerprint density at radius 3 is 2.30 bits per heavy atom. The lowest BCUT2D eigenvalue weighted by Crippen LogP contribution is -2.13. The fourth-order valence-corrected chi connectivity index (χ4v) is 4.26. The maximum Gasteiger partial charge on any atom is 0.261 e. The number of nitrogens with one attached hydrogen (secondary N) is 1. The van der Waals surface area contributed by atoms with Gasteiger partial charge in [-0.1, -0.05) is 53.5 Å². The molecule has 0 saturated heterocycles. The molecule has 0 spiro atoms. The van der Waals surface area contributed by atoms with Gasteiger partial charge in [0.05, 0.1) is 27.7 Å². The summed E-state index contributed by atoms with van der Waals surface area (Å²) in [6.45, 7) is 0. The number of hydrogen-bond acceptors (Lipinski definition) is 4. The van der Waals surface area contributed by atoms with Gasteiger partial charge in [0, 0.05) is 18.4 Å². The Labute approximate surface area is 185 Å². The number of ketones is 1. The summed E-state index contributed by atoms with van der Waals surface area (Å²) in [5.41, 5.74) is 1.85. The van der Waals surface area contributed by atoms with Crippen LogP contribution in [0, 0.1) is 0 Å². The zero-order valence-corrected chi connectivity index (χ0v) is 18.4. The molecule has 0 aliphatic heterocycles. The van der Waals surface area contributed by atoms with Crippen molar-refractivity contribution < 1.29 is 17.9 Å². The van der Waals surface area contributed by atoms with E-state index in [4.69, 9.17) is 27.9 Å². The van der Waals surface area contributed by atoms with Crippen molar-refractivity contribution in [2.24, 2.45) is 0 Å². The van der Waals surface area contributed by atoms with Crippen molar-refractivity contribution in [1.82, 2.24) is 0 Å². The average Bonchev–Trinajstić information content (AvgIpc) is 2.71. The summed E-state index contributed by atoms with van der Waals surface area (Å²) < 4.78 is 32.9. The Bertz CT molecular complexity index is 1160. The van der Waals surface area contributed by atoms with Crippen LogP contribution in [0.4, 0.5) is 5.69 Å². The lowest BCUT2D eigenvalue weighted by molar-refractivity contribution is -0.117. The van der Waals surface area contributed by atoms with Gasteiger partial charge in [0.25, 0.3) is 10.0 Å². The minimum absolute atomic E-state index is 0.00374. The predicted molar refractivity (Wildman–Crippen MR) is 119 cm³/mol. The molecule has 3 aromatic rings. The van der Waals surface area contributed by atoms with Crippen LogP contribution in [-0.4, -0.2) is 21.3 Å². The van der Waals surface area contributed by atoms with E-state index in [1.807, 2.05) is 24.3 Å². The number of ether oxygens (including phenoxy) is 1. The van der Waals surface area contributed by atoms with Gasteiger partial charge in [-0.15, -0.1) is 0 Å². The van der Waals surface area contributed by atoms with Crippen molar-refractivity contribution in [2.45, 2.75) is 17.7 Å². The van der Waals surface area contributed by atoms with Crippen LogP contribution in [0.25, 0.3) is 0 Å². The lowest BCUT2D eigenvalue weighted by atomic mass is 10.0. The topological polar surface area (TPSA) is 72.5 Å². The van der Waals surface area contributed by atoms with Crippen molar-refractivity contribution in [3.63, 3.8) is 0 Å². The van der Waals surface area contributed by atoms with Crippen molar-refractivity contribution in [3.05, 3.63) is 87.9 Å². The summed E-state index contributed by atoms with van der Waals surface area (Å²) >= 11 is 11.8. The van der Waals surface area contributed by atoms with E-state index < -0.39 is 10.0 Å². The largest absolute Gasteiger partial charge is 0.496 e. The van der Waals surface area contributed by atoms with Crippen LogP contribution >= 0.6 is 23.2 Å². The number of benzene rings is 3. The Balaban J connectivity index is 1.67. The molecule has 1 N–H and O–H groups in total. The highest BCUT2D eigenvalue weighted by Crippen LogP contribution is 2.26. The summed E-state index contributed by atoms with van der Waals surface area (Å²) in [7, 11) is -2.23. The van der Waals surface area contributed by atoms with Gasteiger partial charge in [0.1, 0.15) is 11.5 Å². The molecule has 3 aromatic carbocycles. The second-order valence-electron chi connectivity index (χ2n) is 6.58. The summed E-state index contributed by atoms with van der Waals surface area (Å²) in [4.78, 5) is 12.5.